The molecule has 0 amide bonds. The van der Waals surface area contributed by atoms with Gasteiger partial charge in [0.2, 0.25) is 0 Å². The molecule has 1 aliphatic rings. The molecule has 0 unspecified atom stereocenters. The molecule has 22 heavy (non-hydrogen) atoms. The molecule has 0 radical (unpaired) electrons. The van der Waals surface area contributed by atoms with Crippen LogP contribution < -0.4 is 5.32 Å². The molecule has 0 spiro atoms. The van der Waals surface area contributed by atoms with Gasteiger partial charge in [0, 0.05) is 43.0 Å². The highest BCUT2D eigenvalue weighted by molar-refractivity contribution is 14.0. The van der Waals surface area contributed by atoms with Crippen molar-refractivity contribution in [2.24, 2.45) is 4.99 Å². The molecule has 1 saturated heterocycles. The monoisotopic (exact) mass is 445 g/mol. The first kappa shape index (κ1) is 19.5. The van der Waals surface area contributed by atoms with Gasteiger partial charge < -0.3 is 10.2 Å². The molecule has 0 aromatic carbocycles. The molecule has 0 atom stereocenters. The fraction of sp³-hybridized carbons (Fsp3) is 0.692. The standard InChI is InChI=1S/C13H21F2N5S.HI/c1-13(2)9-19(6-7-21-13)12(16-3)18-8-10-17-4-5-20(10)11(14)15;/h4-5,11H,6-9H2,1-3H3,(H,16,18);1H. The number of aromatic nitrogens is 2. The van der Waals surface area contributed by atoms with Crippen molar-refractivity contribution in [2.45, 2.75) is 31.7 Å². The maximum atomic E-state index is 12.8. The third-order valence-electron chi connectivity index (χ3n) is 3.30. The van der Waals surface area contributed by atoms with E-state index in [1.807, 2.05) is 11.8 Å². The number of alkyl halides is 2. The lowest BCUT2D eigenvalue weighted by molar-refractivity contribution is 0.0668. The summed E-state index contributed by atoms with van der Waals surface area (Å²) in [7, 11) is 1.71. The van der Waals surface area contributed by atoms with Crippen LogP contribution in [0.5, 0.6) is 0 Å². The fourth-order valence-electron chi connectivity index (χ4n) is 2.35. The number of thioether (sulfide) groups is 1. The first-order valence-corrected chi connectivity index (χ1v) is 7.81. The van der Waals surface area contributed by atoms with Crippen LogP contribution in [0.2, 0.25) is 0 Å². The molecule has 1 N–H and O–H groups in total. The van der Waals surface area contributed by atoms with E-state index >= 15 is 0 Å². The van der Waals surface area contributed by atoms with Gasteiger partial charge in [-0.25, -0.2) is 4.98 Å². The first-order valence-electron chi connectivity index (χ1n) is 6.82. The number of imidazole rings is 1. The summed E-state index contributed by atoms with van der Waals surface area (Å²) in [6.45, 7) is 3.82. The average Bonchev–Trinajstić information content (AvgIpc) is 2.87. The van der Waals surface area contributed by atoms with Gasteiger partial charge in [0.25, 0.3) is 0 Å². The molecule has 0 aliphatic carbocycles. The highest BCUT2D eigenvalue weighted by Gasteiger charge is 2.28. The maximum Gasteiger partial charge on any atom is 0.319 e. The van der Waals surface area contributed by atoms with E-state index in [9.17, 15) is 8.78 Å². The normalized spacial score (nSPS) is 18.3. The van der Waals surface area contributed by atoms with E-state index < -0.39 is 6.55 Å². The quantitative estimate of drug-likeness (QED) is 0.442. The first-order chi connectivity index (χ1) is 9.93. The van der Waals surface area contributed by atoms with Crippen molar-refractivity contribution >= 4 is 41.7 Å². The number of hydrogen-bond donors (Lipinski definition) is 1. The minimum absolute atomic E-state index is 0. The number of aliphatic imine (C=N–C) groups is 1. The lowest BCUT2D eigenvalue weighted by atomic mass is 10.2. The Hall–Kier alpha value is -0.580. The molecule has 2 rings (SSSR count). The molecule has 2 heterocycles. The Bertz CT molecular complexity index is 506. The Morgan fingerprint density at radius 1 is 1.55 bits per heavy atom. The fourth-order valence-corrected chi connectivity index (χ4v) is 3.46. The van der Waals surface area contributed by atoms with Crippen molar-refractivity contribution < 1.29 is 8.78 Å². The summed E-state index contributed by atoms with van der Waals surface area (Å²) in [6, 6.07) is 0. The van der Waals surface area contributed by atoms with E-state index in [1.54, 1.807) is 7.05 Å². The van der Waals surface area contributed by atoms with Crippen LogP contribution >= 0.6 is 35.7 Å². The van der Waals surface area contributed by atoms with Gasteiger partial charge in [-0.15, -0.1) is 24.0 Å². The summed E-state index contributed by atoms with van der Waals surface area (Å²) in [5, 5.41) is 3.12. The number of rotatable bonds is 3. The Kier molecular flexibility index (Phi) is 7.36. The van der Waals surface area contributed by atoms with E-state index in [2.05, 4.69) is 34.0 Å². The molecular weight excluding hydrogens is 423 g/mol. The van der Waals surface area contributed by atoms with Crippen LogP contribution in [-0.4, -0.2) is 51.0 Å². The third-order valence-corrected chi connectivity index (χ3v) is 4.60. The van der Waals surface area contributed by atoms with Gasteiger partial charge in [-0.05, 0) is 13.8 Å². The van der Waals surface area contributed by atoms with Crippen LogP contribution in [0, 0.1) is 0 Å². The van der Waals surface area contributed by atoms with Gasteiger partial charge in [-0.1, -0.05) is 0 Å². The SMILES string of the molecule is CN=C(NCc1nccn1C(F)F)N1CCSC(C)(C)C1.I. The zero-order valence-corrected chi connectivity index (χ0v) is 16.1. The van der Waals surface area contributed by atoms with Gasteiger partial charge >= 0.3 is 6.55 Å². The van der Waals surface area contributed by atoms with Crippen molar-refractivity contribution in [3.05, 3.63) is 18.2 Å². The summed E-state index contributed by atoms with van der Waals surface area (Å²) in [5.74, 6) is 2.06. The van der Waals surface area contributed by atoms with E-state index in [0.29, 0.717) is 5.82 Å². The number of halogens is 3. The van der Waals surface area contributed by atoms with Crippen LogP contribution in [0.25, 0.3) is 0 Å². The van der Waals surface area contributed by atoms with Crippen LogP contribution in [0.3, 0.4) is 0 Å². The van der Waals surface area contributed by atoms with Gasteiger partial charge in [0.1, 0.15) is 5.82 Å². The Morgan fingerprint density at radius 2 is 2.27 bits per heavy atom. The van der Waals surface area contributed by atoms with Gasteiger partial charge in [-0.3, -0.25) is 9.56 Å². The van der Waals surface area contributed by atoms with Crippen molar-refractivity contribution in [3.63, 3.8) is 0 Å². The van der Waals surface area contributed by atoms with Crippen molar-refractivity contribution in [1.29, 1.82) is 0 Å². The second kappa shape index (κ2) is 8.32. The number of hydrogen-bond acceptors (Lipinski definition) is 3. The summed E-state index contributed by atoms with van der Waals surface area (Å²) >= 11 is 1.93. The predicted molar refractivity (Wildman–Crippen MR) is 97.2 cm³/mol. The van der Waals surface area contributed by atoms with Crippen LogP contribution in [0.1, 0.15) is 26.2 Å². The van der Waals surface area contributed by atoms with Crippen LogP contribution in [0.15, 0.2) is 17.4 Å². The van der Waals surface area contributed by atoms with Crippen molar-refractivity contribution in [3.8, 4) is 0 Å². The van der Waals surface area contributed by atoms with Crippen LogP contribution in [-0.2, 0) is 6.54 Å². The van der Waals surface area contributed by atoms with E-state index in [4.69, 9.17) is 0 Å². The largest absolute Gasteiger partial charge is 0.349 e. The number of nitrogens with one attached hydrogen (secondary N) is 1. The topological polar surface area (TPSA) is 45.5 Å². The molecular formula is C13H22F2IN5S. The molecule has 1 aliphatic heterocycles. The highest BCUT2D eigenvalue weighted by Crippen LogP contribution is 2.29. The highest BCUT2D eigenvalue weighted by atomic mass is 127. The molecule has 0 bridgehead atoms. The average molecular weight is 445 g/mol. The minimum atomic E-state index is -2.57. The second-order valence-electron chi connectivity index (χ2n) is 5.46. The lowest BCUT2D eigenvalue weighted by Crippen LogP contribution is -2.50. The zero-order valence-electron chi connectivity index (χ0n) is 12.9. The Morgan fingerprint density at radius 3 is 2.86 bits per heavy atom. The van der Waals surface area contributed by atoms with E-state index in [-0.39, 0.29) is 35.3 Å². The summed E-state index contributed by atoms with van der Waals surface area (Å²) in [5.41, 5.74) is 0. The molecule has 0 saturated carbocycles. The van der Waals surface area contributed by atoms with Crippen molar-refractivity contribution in [1.82, 2.24) is 19.8 Å². The molecule has 1 aromatic heterocycles. The molecule has 1 aromatic rings. The summed E-state index contributed by atoms with van der Waals surface area (Å²) < 4.78 is 26.6. The maximum absolute atomic E-state index is 12.8. The van der Waals surface area contributed by atoms with Crippen LogP contribution in [0.4, 0.5) is 8.78 Å². The summed E-state index contributed by atoms with van der Waals surface area (Å²) in [4.78, 5) is 10.4. The smallest absolute Gasteiger partial charge is 0.319 e. The molecule has 9 heteroatoms. The van der Waals surface area contributed by atoms with Gasteiger partial charge in [0.15, 0.2) is 5.96 Å². The zero-order chi connectivity index (χ0) is 15.5. The van der Waals surface area contributed by atoms with Crippen molar-refractivity contribution in [2.75, 3.05) is 25.9 Å². The Labute approximate surface area is 151 Å². The van der Waals surface area contributed by atoms with Gasteiger partial charge in [0.05, 0.1) is 6.54 Å². The molecule has 1 fully saturated rings. The van der Waals surface area contributed by atoms with E-state index in [0.717, 1.165) is 29.4 Å². The van der Waals surface area contributed by atoms with E-state index in [1.165, 1.54) is 12.4 Å². The minimum Gasteiger partial charge on any atom is -0.349 e. The predicted octanol–water partition coefficient (Wildman–Crippen LogP) is 2.80. The lowest BCUT2D eigenvalue weighted by Gasteiger charge is -2.39. The molecule has 126 valence electrons. The van der Waals surface area contributed by atoms with Gasteiger partial charge in [-0.2, -0.15) is 20.5 Å². The number of nitrogens with zero attached hydrogens (tertiary/aromatic N) is 4. The number of guanidine groups is 1. The Balaban J connectivity index is 0.00000242. The summed E-state index contributed by atoms with van der Waals surface area (Å²) in [6.07, 6.45) is 2.66. The second-order valence-corrected chi connectivity index (χ2v) is 7.26. The molecule has 5 nitrogen and oxygen atoms in total. The third kappa shape index (κ3) is 4.97.